The van der Waals surface area contributed by atoms with Crippen molar-refractivity contribution in [2.24, 2.45) is 0 Å². The molecule has 2 heterocycles. The summed E-state index contributed by atoms with van der Waals surface area (Å²) >= 11 is 8.32. The van der Waals surface area contributed by atoms with Gasteiger partial charge >= 0.3 is 0 Å². The molecule has 0 aliphatic rings. The van der Waals surface area contributed by atoms with Crippen molar-refractivity contribution in [2.75, 3.05) is 0 Å². The first kappa shape index (κ1) is 13.6. The fraction of sp³-hybridized carbons (Fsp3) is 0.333. The molecule has 0 spiro atoms. The van der Waals surface area contributed by atoms with Crippen molar-refractivity contribution < 1.29 is 0 Å². The van der Waals surface area contributed by atoms with Crippen LogP contribution in [0.25, 0.3) is 11.5 Å². The predicted molar refractivity (Wildman–Crippen MR) is 79.5 cm³/mol. The molecule has 2 aromatic heterocycles. The number of aryl methyl sites for hydroxylation is 2. The number of nitrogens with zero attached hydrogens (tertiary/aromatic N) is 4. The maximum Gasteiger partial charge on any atom is 0.180 e. The summed E-state index contributed by atoms with van der Waals surface area (Å²) in [6.07, 6.45) is 3.61. The smallest absolute Gasteiger partial charge is 0.180 e. The molecule has 2 aromatic rings. The Bertz CT molecular complexity index is 574. The van der Waals surface area contributed by atoms with Crippen LogP contribution in [0.4, 0.5) is 0 Å². The van der Waals surface area contributed by atoms with E-state index in [1.165, 1.54) is 0 Å². The first-order chi connectivity index (χ1) is 8.61. The van der Waals surface area contributed by atoms with Gasteiger partial charge in [0.15, 0.2) is 5.82 Å². The highest BCUT2D eigenvalue weighted by molar-refractivity contribution is 14.1. The zero-order valence-electron chi connectivity index (χ0n) is 10.1. The SMILES string of the molecule is CCCc1nc(-c2ccnc(C)n2)nc(Cl)c1I. The fourth-order valence-corrected chi connectivity index (χ4v) is 2.26. The van der Waals surface area contributed by atoms with Crippen LogP contribution in [0.15, 0.2) is 12.3 Å². The van der Waals surface area contributed by atoms with Crippen LogP contribution >= 0.6 is 34.2 Å². The highest BCUT2D eigenvalue weighted by Crippen LogP contribution is 2.23. The minimum absolute atomic E-state index is 0.486. The normalized spacial score (nSPS) is 10.7. The lowest BCUT2D eigenvalue weighted by molar-refractivity contribution is 0.864. The van der Waals surface area contributed by atoms with Gasteiger partial charge in [0, 0.05) is 6.20 Å². The molecule has 0 aromatic carbocycles. The number of hydrogen-bond acceptors (Lipinski definition) is 4. The third kappa shape index (κ3) is 2.95. The van der Waals surface area contributed by atoms with E-state index in [4.69, 9.17) is 11.6 Å². The molecule has 0 radical (unpaired) electrons. The Morgan fingerprint density at radius 3 is 2.72 bits per heavy atom. The molecule has 4 nitrogen and oxygen atoms in total. The van der Waals surface area contributed by atoms with Crippen molar-refractivity contribution >= 4 is 34.2 Å². The molecule has 6 heteroatoms. The Kier molecular flexibility index (Phi) is 4.45. The second-order valence-corrected chi connectivity index (χ2v) is 5.27. The van der Waals surface area contributed by atoms with E-state index in [1.807, 2.05) is 6.92 Å². The topological polar surface area (TPSA) is 51.6 Å². The van der Waals surface area contributed by atoms with Crippen LogP contribution in [-0.4, -0.2) is 19.9 Å². The van der Waals surface area contributed by atoms with Crippen molar-refractivity contribution in [2.45, 2.75) is 26.7 Å². The Labute approximate surface area is 124 Å². The Balaban J connectivity index is 2.51. The second-order valence-electron chi connectivity index (χ2n) is 3.84. The van der Waals surface area contributed by atoms with E-state index >= 15 is 0 Å². The molecule has 0 saturated carbocycles. The summed E-state index contributed by atoms with van der Waals surface area (Å²) in [6.45, 7) is 3.95. The summed E-state index contributed by atoms with van der Waals surface area (Å²) in [6, 6.07) is 1.79. The first-order valence-electron chi connectivity index (χ1n) is 5.63. The Morgan fingerprint density at radius 2 is 2.06 bits per heavy atom. The van der Waals surface area contributed by atoms with Crippen molar-refractivity contribution in [3.63, 3.8) is 0 Å². The lowest BCUT2D eigenvalue weighted by Gasteiger charge is -2.07. The molecule has 0 unspecified atom stereocenters. The van der Waals surface area contributed by atoms with Crippen LogP contribution in [0.1, 0.15) is 24.9 Å². The van der Waals surface area contributed by atoms with Gasteiger partial charge in [0.1, 0.15) is 16.7 Å². The van der Waals surface area contributed by atoms with Gasteiger partial charge in [-0.25, -0.2) is 19.9 Å². The van der Waals surface area contributed by atoms with Gasteiger partial charge in [-0.1, -0.05) is 24.9 Å². The maximum absolute atomic E-state index is 6.14. The number of halogens is 2. The van der Waals surface area contributed by atoms with Gasteiger partial charge in [-0.05, 0) is 42.0 Å². The highest BCUT2D eigenvalue weighted by Gasteiger charge is 2.12. The molecular formula is C12H12ClIN4. The van der Waals surface area contributed by atoms with E-state index in [2.05, 4.69) is 49.5 Å². The van der Waals surface area contributed by atoms with E-state index in [0.717, 1.165) is 22.1 Å². The van der Waals surface area contributed by atoms with Crippen LogP contribution < -0.4 is 0 Å². The molecule has 0 aliphatic heterocycles. The van der Waals surface area contributed by atoms with Crippen LogP contribution in [-0.2, 0) is 6.42 Å². The van der Waals surface area contributed by atoms with Gasteiger partial charge in [0.2, 0.25) is 0 Å². The number of rotatable bonds is 3. The fourth-order valence-electron chi connectivity index (χ4n) is 1.56. The Hall–Kier alpha value is -0.820. The van der Waals surface area contributed by atoms with E-state index in [-0.39, 0.29) is 0 Å². The van der Waals surface area contributed by atoms with E-state index in [1.54, 1.807) is 12.3 Å². The molecule has 0 saturated heterocycles. The van der Waals surface area contributed by atoms with Crippen LogP contribution in [0.2, 0.25) is 5.15 Å². The molecular weight excluding hydrogens is 363 g/mol. The largest absolute Gasteiger partial charge is 0.242 e. The van der Waals surface area contributed by atoms with E-state index in [0.29, 0.717) is 22.5 Å². The van der Waals surface area contributed by atoms with Crippen LogP contribution in [0, 0.1) is 10.5 Å². The maximum atomic E-state index is 6.14. The van der Waals surface area contributed by atoms with E-state index in [9.17, 15) is 0 Å². The zero-order valence-corrected chi connectivity index (χ0v) is 13.0. The molecule has 0 N–H and O–H groups in total. The summed E-state index contributed by atoms with van der Waals surface area (Å²) < 4.78 is 0.922. The average molecular weight is 375 g/mol. The lowest BCUT2D eigenvalue weighted by atomic mass is 10.2. The van der Waals surface area contributed by atoms with Crippen molar-refractivity contribution in [1.82, 2.24) is 19.9 Å². The van der Waals surface area contributed by atoms with Crippen molar-refractivity contribution in [3.8, 4) is 11.5 Å². The summed E-state index contributed by atoms with van der Waals surface area (Å²) in [5.74, 6) is 1.26. The molecule has 0 amide bonds. The minimum atomic E-state index is 0.486. The number of hydrogen-bond donors (Lipinski definition) is 0. The van der Waals surface area contributed by atoms with Crippen molar-refractivity contribution in [1.29, 1.82) is 0 Å². The third-order valence-electron chi connectivity index (χ3n) is 2.37. The quantitative estimate of drug-likeness (QED) is 0.610. The van der Waals surface area contributed by atoms with Gasteiger partial charge in [-0.15, -0.1) is 0 Å². The summed E-state index contributed by atoms with van der Waals surface area (Å²) in [5.41, 5.74) is 1.68. The molecule has 94 valence electrons. The molecule has 0 aliphatic carbocycles. The predicted octanol–water partition coefficient (Wildman–Crippen LogP) is 3.45. The Morgan fingerprint density at radius 1 is 1.28 bits per heavy atom. The molecule has 18 heavy (non-hydrogen) atoms. The summed E-state index contributed by atoms with van der Waals surface area (Å²) in [7, 11) is 0. The van der Waals surface area contributed by atoms with Gasteiger partial charge in [0.05, 0.1) is 9.26 Å². The molecule has 0 bridgehead atoms. The molecule has 2 rings (SSSR count). The monoisotopic (exact) mass is 374 g/mol. The second kappa shape index (κ2) is 5.88. The summed E-state index contributed by atoms with van der Waals surface area (Å²) in [4.78, 5) is 17.2. The minimum Gasteiger partial charge on any atom is -0.242 e. The average Bonchev–Trinajstić information content (AvgIpc) is 2.35. The molecule has 0 atom stereocenters. The first-order valence-corrected chi connectivity index (χ1v) is 7.09. The molecule has 0 fully saturated rings. The third-order valence-corrected chi connectivity index (χ3v) is 4.10. The highest BCUT2D eigenvalue weighted by atomic mass is 127. The van der Waals surface area contributed by atoms with E-state index < -0.39 is 0 Å². The zero-order chi connectivity index (χ0) is 13.1. The van der Waals surface area contributed by atoms with Gasteiger partial charge in [-0.2, -0.15) is 0 Å². The number of aromatic nitrogens is 4. The van der Waals surface area contributed by atoms with Crippen LogP contribution in [0.3, 0.4) is 0 Å². The van der Waals surface area contributed by atoms with Gasteiger partial charge in [-0.3, -0.25) is 0 Å². The van der Waals surface area contributed by atoms with Gasteiger partial charge in [0.25, 0.3) is 0 Å². The van der Waals surface area contributed by atoms with Crippen LogP contribution in [0.5, 0.6) is 0 Å². The van der Waals surface area contributed by atoms with Crippen molar-refractivity contribution in [3.05, 3.63) is 32.5 Å². The standard InChI is InChI=1S/C12H12ClIN4/c1-3-4-8-10(14)11(13)18-12(17-8)9-5-6-15-7(2)16-9/h5-6H,3-4H2,1-2H3. The lowest BCUT2D eigenvalue weighted by Crippen LogP contribution is -2.02. The summed E-state index contributed by atoms with van der Waals surface area (Å²) in [5, 5.41) is 0.486. The van der Waals surface area contributed by atoms with Gasteiger partial charge < -0.3 is 0 Å².